The van der Waals surface area contributed by atoms with Gasteiger partial charge in [0.2, 0.25) is 0 Å². The summed E-state index contributed by atoms with van der Waals surface area (Å²) in [5, 5.41) is 0. The third kappa shape index (κ3) is 6.66. The Kier molecular flexibility index (Phi) is 9.63. The first-order chi connectivity index (χ1) is 16.6. The molecular formula is C25H36N6O3. The summed E-state index contributed by atoms with van der Waals surface area (Å²) >= 11 is 0. The average molecular weight is 469 g/mol. The molecule has 0 spiro atoms. The Bertz CT molecular complexity index is 1080. The third-order valence-electron chi connectivity index (χ3n) is 5.72. The number of hydrogen-bond donors (Lipinski definition) is 1. The Labute approximate surface area is 200 Å². The largest absolute Gasteiger partial charge is 0.465 e. The first-order valence-electron chi connectivity index (χ1n) is 12.0. The lowest BCUT2D eigenvalue weighted by molar-refractivity contribution is -0.142. The minimum atomic E-state index is -0.395. The lowest BCUT2D eigenvalue weighted by Gasteiger charge is -2.25. The molecule has 1 aliphatic carbocycles. The number of esters is 1. The van der Waals surface area contributed by atoms with Gasteiger partial charge in [0.15, 0.2) is 0 Å². The van der Waals surface area contributed by atoms with Crippen molar-refractivity contribution in [1.29, 1.82) is 0 Å². The number of allylic oxidation sites excluding steroid dienone is 1. The molecule has 9 heteroatoms. The van der Waals surface area contributed by atoms with Crippen LogP contribution in [0.5, 0.6) is 0 Å². The number of rotatable bonds is 14. The smallest absolute Gasteiger partial charge is 0.329 e. The molecule has 0 bridgehead atoms. The van der Waals surface area contributed by atoms with Crippen molar-refractivity contribution in [1.82, 2.24) is 19.0 Å². The molecule has 0 unspecified atom stereocenters. The van der Waals surface area contributed by atoms with Gasteiger partial charge in [-0.3, -0.25) is 23.9 Å². The van der Waals surface area contributed by atoms with Crippen molar-refractivity contribution in [3.05, 3.63) is 53.8 Å². The van der Waals surface area contributed by atoms with Crippen molar-refractivity contribution in [2.24, 2.45) is 10.7 Å². The number of nitrogens with zero attached hydrogens (tertiary/aromatic N) is 5. The maximum Gasteiger partial charge on any atom is 0.329 e. The molecule has 1 saturated carbocycles. The first-order valence-corrected chi connectivity index (χ1v) is 12.0. The normalized spacial score (nSPS) is 14.1. The van der Waals surface area contributed by atoms with Gasteiger partial charge in [-0.1, -0.05) is 25.2 Å². The van der Waals surface area contributed by atoms with Crippen LogP contribution in [-0.2, 0) is 16.1 Å². The van der Waals surface area contributed by atoms with Crippen LogP contribution in [0.4, 0.5) is 0 Å². The lowest BCUT2D eigenvalue weighted by Crippen LogP contribution is -2.38. The van der Waals surface area contributed by atoms with Crippen LogP contribution in [0.1, 0.15) is 45.1 Å². The molecule has 2 aromatic rings. The molecule has 1 aliphatic rings. The summed E-state index contributed by atoms with van der Waals surface area (Å²) in [6, 6.07) is 2.18. The number of imidazole rings is 1. The fourth-order valence-corrected chi connectivity index (χ4v) is 3.89. The van der Waals surface area contributed by atoms with Crippen LogP contribution >= 0.6 is 0 Å². The summed E-state index contributed by atoms with van der Waals surface area (Å²) in [4.78, 5) is 35.9. The van der Waals surface area contributed by atoms with E-state index in [0.717, 1.165) is 42.6 Å². The molecule has 34 heavy (non-hydrogen) atoms. The summed E-state index contributed by atoms with van der Waals surface area (Å²) < 4.78 is 8.76. The number of pyridine rings is 1. The van der Waals surface area contributed by atoms with Crippen molar-refractivity contribution in [2.75, 3.05) is 32.8 Å². The molecule has 0 aliphatic heterocycles. The molecule has 0 aromatic carbocycles. The molecule has 2 aromatic heterocycles. The van der Waals surface area contributed by atoms with Gasteiger partial charge in [-0.05, 0) is 38.2 Å². The summed E-state index contributed by atoms with van der Waals surface area (Å²) in [7, 11) is 0. The predicted octanol–water partition coefficient (Wildman–Crippen LogP) is 2.67. The van der Waals surface area contributed by atoms with Crippen LogP contribution < -0.4 is 11.4 Å². The van der Waals surface area contributed by atoms with E-state index < -0.39 is 5.97 Å². The topological polar surface area (TPSA) is 108 Å². The third-order valence-corrected chi connectivity index (χ3v) is 5.72. The first kappa shape index (κ1) is 25.4. The fraction of sp³-hybridized carbons (Fsp3) is 0.520. The van der Waals surface area contributed by atoms with Crippen molar-refractivity contribution in [3.63, 3.8) is 0 Å². The van der Waals surface area contributed by atoms with Gasteiger partial charge in [-0.25, -0.2) is 4.79 Å². The molecule has 0 atom stereocenters. The molecule has 0 saturated heterocycles. The van der Waals surface area contributed by atoms with E-state index in [2.05, 4.69) is 29.5 Å². The van der Waals surface area contributed by atoms with Crippen LogP contribution in [0, 0.1) is 0 Å². The summed E-state index contributed by atoms with van der Waals surface area (Å²) in [6.45, 7) is 8.43. The molecular weight excluding hydrogens is 432 g/mol. The highest BCUT2D eigenvalue weighted by Crippen LogP contribution is 2.35. The Morgan fingerprint density at radius 1 is 1.35 bits per heavy atom. The van der Waals surface area contributed by atoms with Crippen molar-refractivity contribution < 1.29 is 9.53 Å². The van der Waals surface area contributed by atoms with E-state index in [4.69, 9.17) is 15.5 Å². The highest BCUT2D eigenvalue weighted by atomic mass is 16.5. The molecule has 2 N–H and O–H groups in total. The second-order valence-corrected chi connectivity index (χ2v) is 8.34. The van der Waals surface area contributed by atoms with Crippen molar-refractivity contribution in [3.8, 4) is 0 Å². The van der Waals surface area contributed by atoms with Crippen LogP contribution in [-0.4, -0.2) is 63.6 Å². The highest BCUT2D eigenvalue weighted by Gasteiger charge is 2.29. The molecule has 3 rings (SSSR count). The second-order valence-electron chi connectivity index (χ2n) is 8.34. The van der Waals surface area contributed by atoms with Crippen molar-refractivity contribution in [2.45, 2.75) is 51.6 Å². The van der Waals surface area contributed by atoms with Crippen LogP contribution in [0.15, 0.2) is 53.1 Å². The van der Waals surface area contributed by atoms with Gasteiger partial charge >= 0.3 is 11.7 Å². The number of hydrogen-bond acceptors (Lipinski definition) is 6. The van der Waals surface area contributed by atoms with Crippen molar-refractivity contribution >= 4 is 22.8 Å². The number of aliphatic imine (C=N–C) groups is 1. The molecule has 9 nitrogen and oxygen atoms in total. The number of aromatic nitrogens is 3. The average Bonchev–Trinajstić information content (AvgIpc) is 3.64. The number of fused-ring (bicyclic) bond motifs is 1. The number of amidine groups is 1. The van der Waals surface area contributed by atoms with Gasteiger partial charge in [0.25, 0.3) is 0 Å². The zero-order valence-electron chi connectivity index (χ0n) is 20.1. The standard InChI is InChI=1S/C25H36N6O3/c1-3-5-6-12-28-23(29(14-4-2)15-7-8-16-34-24(32)17-26)19-30-22-18-27-13-11-21(22)31(25(30)33)20-9-10-20/h4-6,11,13,18,20H,2-3,7-10,12,14-17,19,26H2,1H3/b6-5-,28-23?. The van der Waals surface area contributed by atoms with Gasteiger partial charge in [0.1, 0.15) is 5.84 Å². The van der Waals surface area contributed by atoms with Gasteiger partial charge in [0, 0.05) is 25.3 Å². The van der Waals surface area contributed by atoms with E-state index in [-0.39, 0.29) is 18.3 Å². The van der Waals surface area contributed by atoms with Crippen LogP contribution in [0.2, 0.25) is 0 Å². The summed E-state index contributed by atoms with van der Waals surface area (Å²) in [5.74, 6) is 0.424. The molecule has 0 radical (unpaired) electrons. The maximum absolute atomic E-state index is 13.4. The Hall–Kier alpha value is -3.20. The van der Waals surface area contributed by atoms with E-state index in [9.17, 15) is 9.59 Å². The van der Waals surface area contributed by atoms with Gasteiger partial charge < -0.3 is 15.4 Å². The molecule has 0 amide bonds. The number of carbonyl (C=O) groups excluding carboxylic acids is 1. The Balaban J connectivity index is 1.83. The molecule has 184 valence electrons. The minimum Gasteiger partial charge on any atom is -0.465 e. The van der Waals surface area contributed by atoms with E-state index in [1.165, 1.54) is 0 Å². The quantitative estimate of drug-likeness (QED) is 0.150. The monoisotopic (exact) mass is 468 g/mol. The van der Waals surface area contributed by atoms with Crippen LogP contribution in [0.25, 0.3) is 11.0 Å². The molecule has 1 fully saturated rings. The van der Waals surface area contributed by atoms with Gasteiger partial charge in [-0.15, -0.1) is 6.58 Å². The number of unbranched alkanes of at least 4 members (excludes halogenated alkanes) is 1. The van der Waals surface area contributed by atoms with E-state index in [0.29, 0.717) is 39.2 Å². The van der Waals surface area contributed by atoms with E-state index in [1.807, 2.05) is 22.8 Å². The Morgan fingerprint density at radius 3 is 2.88 bits per heavy atom. The number of ether oxygens (including phenoxy) is 1. The van der Waals surface area contributed by atoms with Gasteiger partial charge in [-0.2, -0.15) is 0 Å². The zero-order valence-corrected chi connectivity index (χ0v) is 20.1. The minimum absolute atomic E-state index is 0.0189. The predicted molar refractivity (Wildman–Crippen MR) is 135 cm³/mol. The molecule has 2 heterocycles. The number of nitrogens with two attached hydrogens (primary N) is 1. The maximum atomic E-state index is 13.4. The van der Waals surface area contributed by atoms with E-state index in [1.54, 1.807) is 17.0 Å². The number of carbonyl (C=O) groups is 1. The van der Waals surface area contributed by atoms with E-state index >= 15 is 0 Å². The summed E-state index contributed by atoms with van der Waals surface area (Å²) in [5.41, 5.74) is 7.01. The summed E-state index contributed by atoms with van der Waals surface area (Å²) in [6.07, 6.45) is 14.0. The zero-order chi connectivity index (χ0) is 24.3. The van der Waals surface area contributed by atoms with Gasteiger partial charge in [0.05, 0.1) is 43.5 Å². The lowest BCUT2D eigenvalue weighted by atomic mass is 10.3. The fourth-order valence-electron chi connectivity index (χ4n) is 3.89. The van der Waals surface area contributed by atoms with Crippen LogP contribution in [0.3, 0.4) is 0 Å². The second kappa shape index (κ2) is 12.9. The Morgan fingerprint density at radius 2 is 2.18 bits per heavy atom. The highest BCUT2D eigenvalue weighted by molar-refractivity contribution is 5.85. The SMILES string of the molecule is C=CCN(CCCCOC(=O)CN)C(Cn1c(=O)n(C2CC2)c2ccncc21)=NC/C=C\CC.